The Hall–Kier alpha value is -1.81. The van der Waals surface area contributed by atoms with Crippen molar-refractivity contribution in [2.45, 2.75) is 19.9 Å². The highest BCUT2D eigenvalue weighted by Crippen LogP contribution is 2.27. The van der Waals surface area contributed by atoms with Crippen LogP contribution in [0.5, 0.6) is 0 Å². The van der Waals surface area contributed by atoms with Crippen LogP contribution >= 0.6 is 11.6 Å². The maximum Gasteiger partial charge on any atom is 0.257 e. The largest absolute Gasteiger partial charge is 0.335 e. The number of nitrogens with one attached hydrogen (secondary N) is 1. The van der Waals surface area contributed by atoms with E-state index in [0.29, 0.717) is 10.6 Å². The monoisotopic (exact) mass is 277 g/mol. The fraction of sp³-hybridized carbons (Fsp3) is 0.286. The summed E-state index contributed by atoms with van der Waals surface area (Å²) in [6.07, 6.45) is 1.55. The van der Waals surface area contributed by atoms with Gasteiger partial charge in [0.2, 0.25) is 0 Å². The van der Waals surface area contributed by atoms with Gasteiger partial charge >= 0.3 is 0 Å². The van der Waals surface area contributed by atoms with Gasteiger partial charge in [-0.25, -0.2) is 0 Å². The van der Waals surface area contributed by atoms with Crippen LogP contribution in [0.15, 0.2) is 30.5 Å². The van der Waals surface area contributed by atoms with E-state index in [2.05, 4.69) is 10.2 Å². The quantitative estimate of drug-likeness (QED) is 0.936. The van der Waals surface area contributed by atoms with Gasteiger partial charge in [0.15, 0.2) is 0 Å². The third-order valence-electron chi connectivity index (χ3n) is 3.32. The Morgan fingerprint density at radius 3 is 2.68 bits per heavy atom. The second-order valence-electron chi connectivity index (χ2n) is 4.52. The molecule has 1 unspecified atom stereocenters. The zero-order valence-corrected chi connectivity index (χ0v) is 11.9. The number of aryl methyl sites for hydroxylation is 1. The van der Waals surface area contributed by atoms with Crippen molar-refractivity contribution < 1.29 is 4.79 Å². The smallest absolute Gasteiger partial charge is 0.257 e. The summed E-state index contributed by atoms with van der Waals surface area (Å²) in [5.74, 6) is -0.0707. The van der Waals surface area contributed by atoms with Gasteiger partial charge in [-0.3, -0.25) is 9.89 Å². The number of aromatic nitrogens is 2. The third-order valence-corrected chi connectivity index (χ3v) is 3.66. The third kappa shape index (κ3) is 2.63. The minimum absolute atomic E-state index is 0.0707. The SMILES string of the molecule is Cc1[nH]ncc1C(=O)N(C)C(C)c1ccccc1Cl. The first-order valence-electron chi connectivity index (χ1n) is 6.04. The molecule has 0 aliphatic carbocycles. The maximum atomic E-state index is 12.4. The Labute approximate surface area is 117 Å². The van der Waals surface area contributed by atoms with Crippen molar-refractivity contribution >= 4 is 17.5 Å². The van der Waals surface area contributed by atoms with E-state index in [9.17, 15) is 4.79 Å². The lowest BCUT2D eigenvalue weighted by Gasteiger charge is -2.25. The number of carbonyl (C=O) groups excluding carboxylic acids is 1. The summed E-state index contributed by atoms with van der Waals surface area (Å²) < 4.78 is 0. The molecule has 0 radical (unpaired) electrons. The Morgan fingerprint density at radius 1 is 1.42 bits per heavy atom. The molecule has 0 saturated carbocycles. The lowest BCUT2D eigenvalue weighted by Crippen LogP contribution is -2.30. The van der Waals surface area contributed by atoms with Crippen LogP contribution in [0.2, 0.25) is 5.02 Å². The Bertz CT molecular complexity index is 594. The van der Waals surface area contributed by atoms with Crippen LogP contribution in [0.25, 0.3) is 0 Å². The molecule has 0 aliphatic rings. The number of H-pyrrole nitrogens is 1. The van der Waals surface area contributed by atoms with E-state index < -0.39 is 0 Å². The van der Waals surface area contributed by atoms with Gasteiger partial charge in [0, 0.05) is 17.8 Å². The summed E-state index contributed by atoms with van der Waals surface area (Å²) in [4.78, 5) is 14.0. The number of benzene rings is 1. The molecule has 2 rings (SSSR count). The first kappa shape index (κ1) is 13.6. The molecule has 1 atom stereocenters. The molecule has 1 heterocycles. The van der Waals surface area contributed by atoms with Crippen molar-refractivity contribution in [1.82, 2.24) is 15.1 Å². The lowest BCUT2D eigenvalue weighted by molar-refractivity contribution is 0.0742. The molecular weight excluding hydrogens is 262 g/mol. The molecule has 1 amide bonds. The zero-order chi connectivity index (χ0) is 14.0. The van der Waals surface area contributed by atoms with Gasteiger partial charge in [0.25, 0.3) is 5.91 Å². The van der Waals surface area contributed by atoms with Crippen LogP contribution in [0, 0.1) is 6.92 Å². The molecule has 0 saturated heterocycles. The molecule has 19 heavy (non-hydrogen) atoms. The van der Waals surface area contributed by atoms with Crippen molar-refractivity contribution in [2.24, 2.45) is 0 Å². The Kier molecular flexibility index (Phi) is 3.90. The predicted octanol–water partition coefficient (Wildman–Crippen LogP) is 3.20. The summed E-state index contributed by atoms with van der Waals surface area (Å²) in [7, 11) is 1.77. The Balaban J connectivity index is 2.25. The Morgan fingerprint density at radius 2 is 2.11 bits per heavy atom. The second-order valence-corrected chi connectivity index (χ2v) is 4.93. The lowest BCUT2D eigenvalue weighted by atomic mass is 10.1. The number of hydrogen-bond donors (Lipinski definition) is 1. The molecular formula is C14H16ClN3O. The summed E-state index contributed by atoms with van der Waals surface area (Å²) in [5, 5.41) is 7.31. The van der Waals surface area contributed by atoms with E-state index in [1.807, 2.05) is 38.1 Å². The summed E-state index contributed by atoms with van der Waals surface area (Å²) in [6.45, 7) is 3.78. The fourth-order valence-corrected chi connectivity index (χ4v) is 2.25. The molecule has 0 bridgehead atoms. The number of rotatable bonds is 3. The molecule has 1 N–H and O–H groups in total. The molecule has 0 aliphatic heterocycles. The molecule has 1 aromatic heterocycles. The standard InChI is InChI=1S/C14H16ClN3O/c1-9-12(8-16-17-9)14(19)18(3)10(2)11-6-4-5-7-13(11)15/h4-8,10H,1-3H3,(H,16,17). The second kappa shape index (κ2) is 5.45. The van der Waals surface area contributed by atoms with Crippen LogP contribution in [0.4, 0.5) is 0 Å². The molecule has 4 nitrogen and oxygen atoms in total. The van der Waals surface area contributed by atoms with Gasteiger partial charge in [0.1, 0.15) is 0 Å². The van der Waals surface area contributed by atoms with Gasteiger partial charge in [-0.05, 0) is 25.5 Å². The van der Waals surface area contributed by atoms with Crippen molar-refractivity contribution in [1.29, 1.82) is 0 Å². The highest BCUT2D eigenvalue weighted by molar-refractivity contribution is 6.31. The van der Waals surface area contributed by atoms with Gasteiger partial charge < -0.3 is 4.90 Å². The topological polar surface area (TPSA) is 49.0 Å². The molecule has 2 aromatic rings. The van der Waals surface area contributed by atoms with E-state index in [-0.39, 0.29) is 11.9 Å². The molecule has 5 heteroatoms. The van der Waals surface area contributed by atoms with Gasteiger partial charge in [-0.1, -0.05) is 29.8 Å². The minimum Gasteiger partial charge on any atom is -0.335 e. The van der Waals surface area contributed by atoms with Gasteiger partial charge in [0.05, 0.1) is 17.8 Å². The fourth-order valence-electron chi connectivity index (χ4n) is 1.95. The van der Waals surface area contributed by atoms with E-state index in [1.54, 1.807) is 18.1 Å². The molecule has 0 spiro atoms. The number of halogens is 1. The summed E-state index contributed by atoms with van der Waals surface area (Å²) in [5.41, 5.74) is 2.28. The summed E-state index contributed by atoms with van der Waals surface area (Å²) >= 11 is 6.17. The van der Waals surface area contributed by atoms with Crippen molar-refractivity contribution in [3.63, 3.8) is 0 Å². The number of carbonyl (C=O) groups is 1. The average molecular weight is 278 g/mol. The minimum atomic E-state index is -0.101. The van der Waals surface area contributed by atoms with Crippen molar-refractivity contribution in [3.8, 4) is 0 Å². The average Bonchev–Trinajstić information content (AvgIpc) is 2.83. The van der Waals surface area contributed by atoms with E-state index in [0.717, 1.165) is 11.3 Å². The van der Waals surface area contributed by atoms with E-state index in [4.69, 9.17) is 11.6 Å². The molecule has 100 valence electrons. The van der Waals surface area contributed by atoms with Crippen LogP contribution in [0.1, 0.15) is 34.6 Å². The van der Waals surface area contributed by atoms with Crippen molar-refractivity contribution in [3.05, 3.63) is 52.3 Å². The van der Waals surface area contributed by atoms with Crippen LogP contribution in [-0.4, -0.2) is 28.1 Å². The number of amides is 1. The normalized spacial score (nSPS) is 12.2. The van der Waals surface area contributed by atoms with Crippen LogP contribution in [0.3, 0.4) is 0 Å². The maximum absolute atomic E-state index is 12.4. The summed E-state index contributed by atoms with van der Waals surface area (Å²) in [6, 6.07) is 7.45. The molecule has 1 aromatic carbocycles. The first-order chi connectivity index (χ1) is 9.02. The van der Waals surface area contributed by atoms with Crippen molar-refractivity contribution in [2.75, 3.05) is 7.05 Å². The number of nitrogens with zero attached hydrogens (tertiary/aromatic N) is 2. The highest BCUT2D eigenvalue weighted by Gasteiger charge is 2.22. The van der Waals surface area contributed by atoms with Gasteiger partial charge in [-0.15, -0.1) is 0 Å². The van der Waals surface area contributed by atoms with Crippen LogP contribution in [-0.2, 0) is 0 Å². The predicted molar refractivity (Wildman–Crippen MR) is 75.3 cm³/mol. The van der Waals surface area contributed by atoms with Gasteiger partial charge in [-0.2, -0.15) is 5.10 Å². The number of aromatic amines is 1. The van der Waals surface area contributed by atoms with Crippen LogP contribution < -0.4 is 0 Å². The first-order valence-corrected chi connectivity index (χ1v) is 6.41. The highest BCUT2D eigenvalue weighted by atomic mass is 35.5. The van der Waals surface area contributed by atoms with E-state index in [1.165, 1.54) is 0 Å². The van der Waals surface area contributed by atoms with E-state index >= 15 is 0 Å². The number of hydrogen-bond acceptors (Lipinski definition) is 2. The molecule has 0 fully saturated rings. The zero-order valence-electron chi connectivity index (χ0n) is 11.1.